The van der Waals surface area contributed by atoms with Gasteiger partial charge in [0.15, 0.2) is 12.2 Å². The minimum Gasteiger partial charge on any atom is -0.394 e. The van der Waals surface area contributed by atoms with Crippen LogP contribution in [0.4, 0.5) is 0 Å². The highest BCUT2D eigenvalue weighted by Gasteiger charge is 2.35. The third kappa shape index (κ3) is 9.13. The second-order valence-electron chi connectivity index (χ2n) is 6.64. The van der Waals surface area contributed by atoms with E-state index in [1.165, 1.54) is 0 Å². The second-order valence-corrected chi connectivity index (χ2v) is 6.64. The van der Waals surface area contributed by atoms with Crippen molar-refractivity contribution in [3.63, 3.8) is 0 Å². The Morgan fingerprint density at radius 1 is 0.567 bits per heavy atom. The van der Waals surface area contributed by atoms with E-state index in [2.05, 4.69) is 10.6 Å². The minimum atomic E-state index is -2.06. The molecule has 14 nitrogen and oxygen atoms in total. The summed E-state index contributed by atoms with van der Waals surface area (Å²) < 4.78 is 0. The summed E-state index contributed by atoms with van der Waals surface area (Å²) in [6.45, 7) is -1.76. The molecule has 2 amide bonds. The van der Waals surface area contributed by atoms with E-state index in [4.69, 9.17) is 10.2 Å². The second kappa shape index (κ2) is 14.5. The van der Waals surface area contributed by atoms with Gasteiger partial charge >= 0.3 is 0 Å². The molecular formula is C16H32N2O12. The molecule has 0 aliphatic carbocycles. The first-order chi connectivity index (χ1) is 14.0. The van der Waals surface area contributed by atoms with Gasteiger partial charge in [-0.3, -0.25) is 9.59 Å². The molecule has 0 saturated carbocycles. The van der Waals surface area contributed by atoms with Gasteiger partial charge in [0.25, 0.3) is 11.8 Å². The largest absolute Gasteiger partial charge is 0.394 e. The maximum absolute atomic E-state index is 11.7. The van der Waals surface area contributed by atoms with E-state index in [9.17, 15) is 50.4 Å². The Hall–Kier alpha value is -1.46. The molecule has 0 heterocycles. The van der Waals surface area contributed by atoms with Crippen molar-refractivity contribution in [2.75, 3.05) is 26.3 Å². The van der Waals surface area contributed by atoms with Gasteiger partial charge in [0.1, 0.15) is 36.6 Å². The van der Waals surface area contributed by atoms with Gasteiger partial charge < -0.3 is 61.7 Å². The number of hydrogen-bond acceptors (Lipinski definition) is 12. The fraction of sp³-hybridized carbons (Fsp3) is 0.875. The SMILES string of the molecule is O=C(NCCCCNC(=O)[C@H](O)[C@H](O)[C@@H](O)[C@@H](O)CO)[C@H](O)[C@H](O)[C@@H](O)[C@@H](O)CO. The summed E-state index contributed by atoms with van der Waals surface area (Å²) in [5.41, 5.74) is 0. The van der Waals surface area contributed by atoms with Crippen molar-refractivity contribution in [2.45, 2.75) is 61.7 Å². The lowest BCUT2D eigenvalue weighted by Crippen LogP contribution is -2.52. The van der Waals surface area contributed by atoms with Gasteiger partial charge in [0.05, 0.1) is 13.2 Å². The molecule has 0 aromatic rings. The molecule has 0 radical (unpaired) electrons. The van der Waals surface area contributed by atoms with E-state index in [1.54, 1.807) is 0 Å². The van der Waals surface area contributed by atoms with Gasteiger partial charge in [-0.2, -0.15) is 0 Å². The lowest BCUT2D eigenvalue weighted by molar-refractivity contribution is -0.149. The van der Waals surface area contributed by atoms with Gasteiger partial charge in [-0.1, -0.05) is 0 Å². The highest BCUT2D eigenvalue weighted by molar-refractivity contribution is 5.81. The average Bonchev–Trinajstić information content (AvgIpc) is 2.76. The Morgan fingerprint density at radius 3 is 1.13 bits per heavy atom. The molecule has 8 atom stereocenters. The van der Waals surface area contributed by atoms with Crippen LogP contribution in [0.2, 0.25) is 0 Å². The standard InChI is InChI=1S/C16H32N2O12/c19-5-7(21)9(23)11(25)13(27)15(29)17-3-1-2-4-18-16(30)14(28)12(26)10(24)8(22)6-20/h7-14,19-28H,1-6H2,(H,17,29)(H,18,30)/t7-,8-,9-,10-,11+,12+,13+,14+/m0/s1. The van der Waals surface area contributed by atoms with Gasteiger partial charge in [-0.25, -0.2) is 0 Å². The molecule has 0 bridgehead atoms. The van der Waals surface area contributed by atoms with Crippen molar-refractivity contribution < 1.29 is 60.7 Å². The molecule has 0 aromatic heterocycles. The van der Waals surface area contributed by atoms with E-state index in [0.717, 1.165) is 0 Å². The summed E-state index contributed by atoms with van der Waals surface area (Å²) in [6.07, 6.45) is -15.0. The lowest BCUT2D eigenvalue weighted by atomic mass is 10.0. The number of aliphatic hydroxyl groups is 10. The van der Waals surface area contributed by atoms with E-state index >= 15 is 0 Å². The van der Waals surface area contributed by atoms with Crippen LogP contribution in [0.5, 0.6) is 0 Å². The number of rotatable bonds is 15. The molecule has 12 N–H and O–H groups in total. The normalized spacial score (nSPS) is 19.7. The molecule has 0 unspecified atom stereocenters. The molecule has 0 spiro atoms. The summed E-state index contributed by atoms with van der Waals surface area (Å²) in [5.74, 6) is -2.07. The molecule has 30 heavy (non-hydrogen) atoms. The number of carbonyl (C=O) groups is 2. The zero-order chi connectivity index (χ0) is 23.4. The van der Waals surface area contributed by atoms with Gasteiger partial charge in [0, 0.05) is 13.1 Å². The zero-order valence-electron chi connectivity index (χ0n) is 16.2. The number of hydrogen-bond donors (Lipinski definition) is 12. The van der Waals surface area contributed by atoms with Crippen molar-refractivity contribution >= 4 is 11.8 Å². The van der Waals surface area contributed by atoms with Crippen LogP contribution in [-0.2, 0) is 9.59 Å². The molecule has 178 valence electrons. The van der Waals surface area contributed by atoms with Crippen molar-refractivity contribution in [2.24, 2.45) is 0 Å². The summed E-state index contributed by atoms with van der Waals surface area (Å²) in [5, 5.41) is 97.5. The van der Waals surface area contributed by atoms with Crippen LogP contribution in [0.3, 0.4) is 0 Å². The van der Waals surface area contributed by atoms with Crippen molar-refractivity contribution in [1.82, 2.24) is 10.6 Å². The molecule has 0 rings (SSSR count). The van der Waals surface area contributed by atoms with Crippen molar-refractivity contribution in [1.29, 1.82) is 0 Å². The summed E-state index contributed by atoms with van der Waals surface area (Å²) in [7, 11) is 0. The van der Waals surface area contributed by atoms with Crippen LogP contribution in [0.25, 0.3) is 0 Å². The van der Waals surface area contributed by atoms with Gasteiger partial charge in [-0.15, -0.1) is 0 Å². The highest BCUT2D eigenvalue weighted by Crippen LogP contribution is 2.06. The van der Waals surface area contributed by atoms with Crippen LogP contribution >= 0.6 is 0 Å². The van der Waals surface area contributed by atoms with E-state index < -0.39 is 73.9 Å². The van der Waals surface area contributed by atoms with E-state index in [-0.39, 0.29) is 25.9 Å². The Bertz CT molecular complexity index is 467. The minimum absolute atomic E-state index is 0.00369. The Morgan fingerprint density at radius 2 is 0.867 bits per heavy atom. The number of amides is 2. The summed E-state index contributed by atoms with van der Waals surface area (Å²) >= 11 is 0. The van der Waals surface area contributed by atoms with E-state index in [0.29, 0.717) is 0 Å². The molecular weight excluding hydrogens is 412 g/mol. The third-order valence-electron chi connectivity index (χ3n) is 4.25. The fourth-order valence-corrected chi connectivity index (χ4v) is 2.24. The van der Waals surface area contributed by atoms with Crippen LogP contribution in [0.15, 0.2) is 0 Å². The molecule has 0 aliphatic rings. The predicted molar refractivity (Wildman–Crippen MR) is 97.5 cm³/mol. The molecule has 0 aliphatic heterocycles. The number of nitrogens with one attached hydrogen (secondary N) is 2. The molecule has 0 aromatic carbocycles. The van der Waals surface area contributed by atoms with Crippen molar-refractivity contribution in [3.05, 3.63) is 0 Å². The zero-order valence-corrected chi connectivity index (χ0v) is 16.2. The Kier molecular flexibility index (Phi) is 13.8. The van der Waals surface area contributed by atoms with E-state index in [1.807, 2.05) is 0 Å². The van der Waals surface area contributed by atoms with Crippen LogP contribution in [0, 0.1) is 0 Å². The predicted octanol–water partition coefficient (Wildman–Crippen LogP) is -7.13. The first-order valence-electron chi connectivity index (χ1n) is 9.21. The number of unbranched alkanes of at least 4 members (excludes halogenated alkanes) is 1. The highest BCUT2D eigenvalue weighted by atomic mass is 16.4. The maximum atomic E-state index is 11.7. The van der Waals surface area contributed by atoms with Gasteiger partial charge in [-0.05, 0) is 12.8 Å². The quantitative estimate of drug-likeness (QED) is 0.105. The third-order valence-corrected chi connectivity index (χ3v) is 4.25. The topological polar surface area (TPSA) is 260 Å². The summed E-state index contributed by atoms with van der Waals surface area (Å²) in [6, 6.07) is 0. The maximum Gasteiger partial charge on any atom is 0.251 e. The summed E-state index contributed by atoms with van der Waals surface area (Å²) in [4.78, 5) is 23.4. The lowest BCUT2D eigenvalue weighted by Gasteiger charge is -2.25. The molecule has 0 saturated heterocycles. The Balaban J connectivity index is 4.16. The van der Waals surface area contributed by atoms with Crippen molar-refractivity contribution in [3.8, 4) is 0 Å². The first-order valence-corrected chi connectivity index (χ1v) is 9.21. The smallest absolute Gasteiger partial charge is 0.251 e. The monoisotopic (exact) mass is 444 g/mol. The van der Waals surface area contributed by atoms with Crippen LogP contribution in [-0.4, -0.2) is 138 Å². The fourth-order valence-electron chi connectivity index (χ4n) is 2.24. The van der Waals surface area contributed by atoms with Crippen LogP contribution in [0.1, 0.15) is 12.8 Å². The van der Waals surface area contributed by atoms with Gasteiger partial charge in [0.2, 0.25) is 0 Å². The Labute approximate surface area is 172 Å². The molecule has 0 fully saturated rings. The first kappa shape index (κ1) is 28.5. The molecule has 14 heteroatoms. The number of carbonyl (C=O) groups excluding carboxylic acids is 2. The van der Waals surface area contributed by atoms with Crippen LogP contribution < -0.4 is 10.6 Å². The number of aliphatic hydroxyl groups excluding tert-OH is 10. The average molecular weight is 444 g/mol.